The maximum Gasteiger partial charge on any atom is 0.430 e. The molecule has 27 heavy (non-hydrogen) atoms. The molecule has 0 bridgehead atoms. The Balaban J connectivity index is 2.36. The molecule has 148 valence electrons. The van der Waals surface area contributed by atoms with Crippen LogP contribution in [-0.2, 0) is 21.2 Å². The molecule has 0 atom stereocenters. The highest BCUT2D eigenvalue weighted by molar-refractivity contribution is 9.10. The molecule has 0 amide bonds. The van der Waals surface area contributed by atoms with Gasteiger partial charge in [0.1, 0.15) is 0 Å². The van der Waals surface area contributed by atoms with E-state index in [0.717, 1.165) is 12.1 Å². The minimum Gasteiger partial charge on any atom is -0.369 e. The average molecular weight is 477 g/mol. The van der Waals surface area contributed by atoms with E-state index in [4.69, 9.17) is 0 Å². The van der Waals surface area contributed by atoms with E-state index in [0.29, 0.717) is 16.6 Å². The van der Waals surface area contributed by atoms with Gasteiger partial charge in [0.2, 0.25) is 0 Å². The number of benzene rings is 2. The smallest absolute Gasteiger partial charge is 0.369 e. The summed E-state index contributed by atoms with van der Waals surface area (Å²) in [7, 11) is -3.86. The second-order valence-electron chi connectivity index (χ2n) is 5.62. The summed E-state index contributed by atoms with van der Waals surface area (Å²) in [5.74, 6) is -0.634. The predicted octanol–water partition coefficient (Wildman–Crippen LogP) is 4.74. The minimum absolute atomic E-state index is 0.0339. The topological polar surface area (TPSA) is 54.4 Å². The standard InChI is InChI=1S/C16H11BrF6O3S/c17-12-5-7-13(8-6-12)27(25,26)9-10-1-3-11(4-2-10)14(24,15(18,19)20)16(21,22)23/h1-8,24H,9H2. The Bertz CT molecular complexity index is 889. The summed E-state index contributed by atoms with van der Waals surface area (Å²) in [6, 6.07) is 7.98. The largest absolute Gasteiger partial charge is 0.430 e. The summed E-state index contributed by atoms with van der Waals surface area (Å²) in [4.78, 5) is -0.0585. The molecule has 0 heterocycles. The Morgan fingerprint density at radius 2 is 1.26 bits per heavy atom. The molecule has 0 aliphatic heterocycles. The van der Waals surface area contributed by atoms with Gasteiger partial charge in [0, 0.05) is 10.0 Å². The Morgan fingerprint density at radius 3 is 1.67 bits per heavy atom. The SMILES string of the molecule is O=S(=O)(Cc1ccc(C(O)(C(F)(F)F)C(F)(F)F)cc1)c1ccc(Br)cc1. The first kappa shape index (κ1) is 21.7. The van der Waals surface area contributed by atoms with Gasteiger partial charge in [-0.25, -0.2) is 8.42 Å². The lowest BCUT2D eigenvalue weighted by Crippen LogP contribution is -2.53. The van der Waals surface area contributed by atoms with Crippen LogP contribution in [0.25, 0.3) is 0 Å². The highest BCUT2D eigenvalue weighted by Crippen LogP contribution is 2.49. The summed E-state index contributed by atoms with van der Waals surface area (Å²) in [6.45, 7) is 0. The van der Waals surface area contributed by atoms with Crippen molar-refractivity contribution in [1.82, 2.24) is 0 Å². The Labute approximate surface area is 158 Å². The molecular weight excluding hydrogens is 466 g/mol. The van der Waals surface area contributed by atoms with Crippen molar-refractivity contribution in [2.24, 2.45) is 0 Å². The van der Waals surface area contributed by atoms with Crippen LogP contribution in [0, 0.1) is 0 Å². The molecule has 0 fully saturated rings. The summed E-state index contributed by atoms with van der Waals surface area (Å²) in [6.07, 6.45) is -12.0. The van der Waals surface area contributed by atoms with Crippen LogP contribution in [0.15, 0.2) is 57.9 Å². The van der Waals surface area contributed by atoms with Gasteiger partial charge < -0.3 is 5.11 Å². The van der Waals surface area contributed by atoms with Gasteiger partial charge in [0.25, 0.3) is 5.60 Å². The van der Waals surface area contributed by atoms with Gasteiger partial charge in [0.15, 0.2) is 9.84 Å². The molecule has 2 rings (SSSR count). The first-order valence-electron chi connectivity index (χ1n) is 7.12. The van der Waals surface area contributed by atoms with Crippen molar-refractivity contribution >= 4 is 25.8 Å². The lowest BCUT2D eigenvalue weighted by Gasteiger charge is -2.32. The molecule has 11 heteroatoms. The number of alkyl halides is 6. The molecule has 0 aliphatic rings. The van der Waals surface area contributed by atoms with Crippen LogP contribution < -0.4 is 0 Å². The van der Waals surface area contributed by atoms with Crippen molar-refractivity contribution in [2.45, 2.75) is 28.6 Å². The van der Waals surface area contributed by atoms with Crippen LogP contribution in [0.1, 0.15) is 11.1 Å². The van der Waals surface area contributed by atoms with E-state index in [1.165, 1.54) is 24.3 Å². The van der Waals surface area contributed by atoms with E-state index in [1.807, 2.05) is 0 Å². The summed E-state index contributed by atoms with van der Waals surface area (Å²) >= 11 is 3.14. The van der Waals surface area contributed by atoms with E-state index in [-0.39, 0.29) is 10.5 Å². The number of rotatable bonds is 4. The quantitative estimate of drug-likeness (QED) is 0.648. The zero-order chi connectivity index (χ0) is 20.7. The predicted molar refractivity (Wildman–Crippen MR) is 87.5 cm³/mol. The number of hydrogen-bond acceptors (Lipinski definition) is 3. The highest BCUT2D eigenvalue weighted by atomic mass is 79.9. The van der Waals surface area contributed by atoms with Gasteiger partial charge in [-0.05, 0) is 29.8 Å². The second-order valence-corrected chi connectivity index (χ2v) is 8.52. The van der Waals surface area contributed by atoms with Crippen LogP contribution in [0.4, 0.5) is 26.3 Å². The first-order valence-corrected chi connectivity index (χ1v) is 9.56. The molecule has 0 aliphatic carbocycles. The van der Waals surface area contributed by atoms with Crippen LogP contribution >= 0.6 is 15.9 Å². The van der Waals surface area contributed by atoms with Gasteiger partial charge >= 0.3 is 12.4 Å². The van der Waals surface area contributed by atoms with E-state index in [9.17, 15) is 39.9 Å². The van der Waals surface area contributed by atoms with Gasteiger partial charge in [-0.2, -0.15) is 26.3 Å². The van der Waals surface area contributed by atoms with Gasteiger partial charge in [-0.3, -0.25) is 0 Å². The van der Waals surface area contributed by atoms with Crippen LogP contribution in [0.5, 0.6) is 0 Å². The molecule has 0 unspecified atom stereocenters. The molecule has 2 aromatic rings. The Kier molecular flexibility index (Phi) is 5.71. The van der Waals surface area contributed by atoms with Gasteiger partial charge in [-0.15, -0.1) is 0 Å². The van der Waals surface area contributed by atoms with Crippen molar-refractivity contribution in [3.05, 3.63) is 64.1 Å². The molecule has 0 spiro atoms. The third-order valence-electron chi connectivity index (χ3n) is 3.72. The third-order valence-corrected chi connectivity index (χ3v) is 5.95. The maximum absolute atomic E-state index is 12.8. The first-order chi connectivity index (χ1) is 12.2. The number of halogens is 7. The second kappa shape index (κ2) is 7.10. The van der Waals surface area contributed by atoms with E-state index in [1.54, 1.807) is 0 Å². The zero-order valence-corrected chi connectivity index (χ0v) is 15.5. The molecule has 2 aromatic carbocycles. The van der Waals surface area contributed by atoms with Crippen LogP contribution in [0.3, 0.4) is 0 Å². The Hall–Kier alpha value is -1.59. The van der Waals surface area contributed by atoms with Crippen LogP contribution in [-0.4, -0.2) is 25.9 Å². The lowest BCUT2D eigenvalue weighted by molar-refractivity contribution is -0.376. The highest BCUT2D eigenvalue weighted by Gasteiger charge is 2.71. The fourth-order valence-corrected chi connectivity index (χ4v) is 3.89. The number of sulfone groups is 1. The van der Waals surface area contributed by atoms with Crippen molar-refractivity contribution in [2.75, 3.05) is 0 Å². The van der Waals surface area contributed by atoms with Crippen molar-refractivity contribution in [3.63, 3.8) is 0 Å². The molecule has 0 aromatic heterocycles. The summed E-state index contributed by atoms with van der Waals surface area (Å²) < 4.78 is 102. The molecule has 0 radical (unpaired) electrons. The number of hydrogen-bond donors (Lipinski definition) is 1. The van der Waals surface area contributed by atoms with Crippen molar-refractivity contribution < 1.29 is 39.9 Å². The lowest BCUT2D eigenvalue weighted by atomic mass is 9.92. The van der Waals surface area contributed by atoms with Crippen LogP contribution in [0.2, 0.25) is 0 Å². The van der Waals surface area contributed by atoms with E-state index < -0.39 is 39.1 Å². The number of aliphatic hydroxyl groups is 1. The Morgan fingerprint density at radius 1 is 0.815 bits per heavy atom. The minimum atomic E-state index is -6.00. The average Bonchev–Trinajstić information content (AvgIpc) is 2.52. The molecule has 0 saturated carbocycles. The van der Waals surface area contributed by atoms with E-state index >= 15 is 0 Å². The van der Waals surface area contributed by atoms with Crippen molar-refractivity contribution in [3.8, 4) is 0 Å². The maximum atomic E-state index is 12.8. The molecule has 3 nitrogen and oxygen atoms in total. The summed E-state index contributed by atoms with van der Waals surface area (Å²) in [5, 5.41) is 9.31. The molecular formula is C16H11BrF6O3S. The monoisotopic (exact) mass is 476 g/mol. The van der Waals surface area contributed by atoms with Gasteiger partial charge in [-0.1, -0.05) is 40.2 Å². The van der Waals surface area contributed by atoms with Gasteiger partial charge in [0.05, 0.1) is 10.6 Å². The zero-order valence-electron chi connectivity index (χ0n) is 13.1. The normalized spacial score (nSPS) is 13.6. The van der Waals surface area contributed by atoms with E-state index in [2.05, 4.69) is 15.9 Å². The fraction of sp³-hybridized carbons (Fsp3) is 0.250. The summed E-state index contributed by atoms with van der Waals surface area (Å²) in [5.41, 5.74) is -6.54. The third kappa shape index (κ3) is 4.30. The fourth-order valence-electron chi connectivity index (χ4n) is 2.27. The molecule has 0 saturated heterocycles. The molecule has 1 N–H and O–H groups in total. The van der Waals surface area contributed by atoms with Crippen molar-refractivity contribution in [1.29, 1.82) is 0 Å².